The molecule has 2 aliphatic rings. The van der Waals surface area contributed by atoms with Gasteiger partial charge in [-0.3, -0.25) is 0 Å². The Morgan fingerprint density at radius 1 is 0.806 bits per heavy atom. The normalized spacial score (nSPS) is 20.2. The quantitative estimate of drug-likeness (QED) is 0.428. The van der Waals surface area contributed by atoms with Crippen LogP contribution in [0.1, 0.15) is 38.8 Å². The average Bonchev–Trinajstić information content (AvgIpc) is 3.08. The predicted octanol–water partition coefficient (Wildman–Crippen LogP) is 6.71. The van der Waals surface area contributed by atoms with Gasteiger partial charge >= 0.3 is 0 Å². The first-order chi connectivity index (χ1) is 14.7. The zero-order chi connectivity index (χ0) is 22.0. The molecule has 0 aliphatic carbocycles. The molecule has 2 nitrogen and oxygen atoms in total. The molecule has 0 spiro atoms. The third-order valence-electron chi connectivity index (χ3n) is 7.36. The van der Waals surface area contributed by atoms with Gasteiger partial charge < -0.3 is 4.90 Å². The van der Waals surface area contributed by atoms with Crippen molar-refractivity contribution in [2.45, 2.75) is 38.5 Å². The number of benzene rings is 3. The Morgan fingerprint density at radius 2 is 1.52 bits per heavy atom. The van der Waals surface area contributed by atoms with Crippen molar-refractivity contribution in [2.24, 2.45) is 0 Å². The maximum Gasteiger partial charge on any atom is 0.217 e. The highest BCUT2D eigenvalue weighted by Crippen LogP contribution is 2.47. The first kappa shape index (κ1) is 19.8. The van der Waals surface area contributed by atoms with E-state index in [0.717, 1.165) is 0 Å². The van der Waals surface area contributed by atoms with Crippen molar-refractivity contribution >= 4 is 27.9 Å². The molecule has 0 radical (unpaired) electrons. The molecule has 31 heavy (non-hydrogen) atoms. The largest absolute Gasteiger partial charge is 0.347 e. The zero-order valence-corrected chi connectivity index (χ0v) is 19.4. The maximum atomic E-state index is 2.38. The van der Waals surface area contributed by atoms with E-state index in [1.807, 2.05) is 0 Å². The molecule has 3 aromatic rings. The van der Waals surface area contributed by atoms with Crippen molar-refractivity contribution in [1.82, 2.24) is 0 Å². The minimum Gasteiger partial charge on any atom is -0.347 e. The highest BCUT2D eigenvalue weighted by atomic mass is 15.2. The maximum absolute atomic E-state index is 2.38. The number of para-hydroxylation sites is 1. The van der Waals surface area contributed by atoms with Crippen LogP contribution in [0.15, 0.2) is 84.6 Å². The van der Waals surface area contributed by atoms with Gasteiger partial charge in [-0.05, 0) is 43.0 Å². The van der Waals surface area contributed by atoms with E-state index in [1.165, 1.54) is 44.7 Å². The molecular weight excluding hydrogens is 376 g/mol. The van der Waals surface area contributed by atoms with Gasteiger partial charge in [-0.25, -0.2) is 0 Å². The Morgan fingerprint density at radius 3 is 2.29 bits per heavy atom. The van der Waals surface area contributed by atoms with Gasteiger partial charge in [-0.1, -0.05) is 68.5 Å². The van der Waals surface area contributed by atoms with E-state index in [9.17, 15) is 0 Å². The summed E-state index contributed by atoms with van der Waals surface area (Å²) in [4.78, 5) is 2.33. The third kappa shape index (κ3) is 2.74. The van der Waals surface area contributed by atoms with E-state index in [0.29, 0.717) is 0 Å². The summed E-state index contributed by atoms with van der Waals surface area (Å²) in [6.45, 7) is 9.29. The summed E-state index contributed by atoms with van der Waals surface area (Å²) in [5.41, 5.74) is 8.03. The second-order valence-corrected chi connectivity index (χ2v) is 9.86. The Balaban J connectivity index is 1.57. The Kier molecular flexibility index (Phi) is 4.27. The lowest BCUT2D eigenvalue weighted by Crippen LogP contribution is -2.26. The molecule has 0 saturated carbocycles. The van der Waals surface area contributed by atoms with Gasteiger partial charge in [0.25, 0.3) is 0 Å². The molecule has 2 heterocycles. The molecule has 3 aromatic carbocycles. The molecule has 0 unspecified atom stereocenters. The van der Waals surface area contributed by atoms with Crippen molar-refractivity contribution in [3.05, 3.63) is 95.7 Å². The first-order valence-corrected chi connectivity index (χ1v) is 11.1. The number of hydrogen-bond acceptors (Lipinski definition) is 1. The second-order valence-electron chi connectivity index (χ2n) is 9.86. The molecular formula is C29H31N2+. The highest BCUT2D eigenvalue weighted by Gasteiger charge is 2.44. The molecule has 156 valence electrons. The van der Waals surface area contributed by atoms with Crippen LogP contribution in [-0.4, -0.2) is 24.4 Å². The third-order valence-corrected chi connectivity index (χ3v) is 7.36. The second kappa shape index (κ2) is 6.68. The molecule has 0 aromatic heterocycles. The summed E-state index contributed by atoms with van der Waals surface area (Å²) in [5, 5.41) is 2.62. The van der Waals surface area contributed by atoms with Crippen LogP contribution in [0.2, 0.25) is 0 Å². The number of nitrogens with zero attached hydrogens (tertiary/aromatic N) is 2. The number of anilines is 1. The van der Waals surface area contributed by atoms with Crippen molar-refractivity contribution < 1.29 is 4.58 Å². The predicted molar refractivity (Wildman–Crippen MR) is 133 cm³/mol. The van der Waals surface area contributed by atoms with Gasteiger partial charge in [0, 0.05) is 35.5 Å². The highest BCUT2D eigenvalue weighted by molar-refractivity contribution is 6.07. The smallest absolute Gasteiger partial charge is 0.217 e. The van der Waals surface area contributed by atoms with Crippen LogP contribution in [0.25, 0.3) is 10.8 Å². The van der Waals surface area contributed by atoms with E-state index in [-0.39, 0.29) is 10.8 Å². The first-order valence-electron chi connectivity index (χ1n) is 11.1. The van der Waals surface area contributed by atoms with Crippen LogP contribution in [0.3, 0.4) is 0 Å². The Hall–Kier alpha value is -3.13. The zero-order valence-electron chi connectivity index (χ0n) is 19.4. The van der Waals surface area contributed by atoms with Crippen LogP contribution in [0, 0.1) is 0 Å². The summed E-state index contributed by atoms with van der Waals surface area (Å²) in [6, 6.07) is 22.0. The lowest BCUT2D eigenvalue weighted by atomic mass is 9.80. The molecule has 0 bridgehead atoms. The van der Waals surface area contributed by atoms with Crippen molar-refractivity contribution in [1.29, 1.82) is 0 Å². The molecule has 5 rings (SSSR count). The summed E-state index contributed by atoms with van der Waals surface area (Å²) in [5.74, 6) is 0. The molecule has 2 aliphatic heterocycles. The van der Waals surface area contributed by atoms with Crippen molar-refractivity contribution in [3.63, 3.8) is 0 Å². The number of fused-ring (bicyclic) bond motifs is 4. The van der Waals surface area contributed by atoms with E-state index in [4.69, 9.17) is 0 Å². The number of allylic oxidation sites excluding steroid dienone is 4. The topological polar surface area (TPSA) is 6.25 Å². The SMILES string of the molecule is CN1C(=CC=CC2=[N+](C)c3c(ccc4ccccc34)C2(C)C)C(C)(C)c2ccccc21. The molecule has 2 heteroatoms. The summed E-state index contributed by atoms with van der Waals surface area (Å²) in [6.07, 6.45) is 6.83. The van der Waals surface area contributed by atoms with E-state index >= 15 is 0 Å². The van der Waals surface area contributed by atoms with Crippen molar-refractivity contribution in [2.75, 3.05) is 19.0 Å². The summed E-state index contributed by atoms with van der Waals surface area (Å²) in [7, 11) is 4.38. The van der Waals surface area contributed by atoms with Crippen LogP contribution in [0.5, 0.6) is 0 Å². The van der Waals surface area contributed by atoms with Crippen LogP contribution in [0.4, 0.5) is 11.4 Å². The van der Waals surface area contributed by atoms with Gasteiger partial charge in [0.2, 0.25) is 5.69 Å². The number of hydrogen-bond donors (Lipinski definition) is 0. The monoisotopic (exact) mass is 407 g/mol. The minimum absolute atomic E-state index is 0.00336. The molecule has 0 atom stereocenters. The molecule has 0 saturated heterocycles. The minimum atomic E-state index is -0.0385. The lowest BCUT2D eigenvalue weighted by Gasteiger charge is -2.23. The summed E-state index contributed by atoms with van der Waals surface area (Å²) >= 11 is 0. The van der Waals surface area contributed by atoms with E-state index in [2.05, 4.69) is 130 Å². The fourth-order valence-electron chi connectivity index (χ4n) is 5.65. The molecule has 0 amide bonds. The van der Waals surface area contributed by atoms with Gasteiger partial charge in [-0.15, -0.1) is 0 Å². The summed E-state index contributed by atoms with van der Waals surface area (Å²) < 4.78 is 2.38. The van der Waals surface area contributed by atoms with Gasteiger partial charge in [0.15, 0.2) is 5.71 Å². The average molecular weight is 408 g/mol. The standard InChI is InChI=1S/C29H31N2/c1-28(2)22-14-9-10-15-24(22)30(5)25(28)16-11-17-26-29(3,4)23-19-18-20-12-7-8-13-21(20)27(23)31(26)6/h7-19H,1-6H3/q+1. The Labute approximate surface area is 185 Å². The van der Waals surface area contributed by atoms with Gasteiger partial charge in [-0.2, -0.15) is 4.58 Å². The Bertz CT molecular complexity index is 1300. The molecule has 0 N–H and O–H groups in total. The van der Waals surface area contributed by atoms with Crippen LogP contribution in [-0.2, 0) is 10.8 Å². The van der Waals surface area contributed by atoms with Gasteiger partial charge in [0.1, 0.15) is 7.05 Å². The van der Waals surface area contributed by atoms with Crippen molar-refractivity contribution in [3.8, 4) is 0 Å². The van der Waals surface area contributed by atoms with E-state index < -0.39 is 0 Å². The van der Waals surface area contributed by atoms with E-state index in [1.54, 1.807) is 0 Å². The van der Waals surface area contributed by atoms with Crippen LogP contribution < -0.4 is 4.90 Å². The fourth-order valence-corrected chi connectivity index (χ4v) is 5.65. The molecule has 0 fully saturated rings. The number of likely N-dealkylation sites (N-methyl/N-ethyl adjacent to an activating group) is 1. The lowest BCUT2D eigenvalue weighted by molar-refractivity contribution is -0.399. The fraction of sp³-hybridized carbons (Fsp3) is 0.276. The number of rotatable bonds is 2. The van der Waals surface area contributed by atoms with Crippen LogP contribution >= 0.6 is 0 Å². The van der Waals surface area contributed by atoms with Gasteiger partial charge in [0.05, 0.1) is 10.8 Å².